The minimum Gasteiger partial charge on any atom is -0.384 e. The van der Waals surface area contributed by atoms with Gasteiger partial charge in [-0.1, -0.05) is 36.4 Å². The van der Waals surface area contributed by atoms with Gasteiger partial charge in [0.2, 0.25) is 0 Å². The van der Waals surface area contributed by atoms with Gasteiger partial charge in [0.1, 0.15) is 0 Å². The fourth-order valence-corrected chi connectivity index (χ4v) is 2.21. The molecule has 0 aliphatic heterocycles. The number of rotatable bonds is 7. The number of para-hydroxylation sites is 2. The van der Waals surface area contributed by atoms with Crippen LogP contribution < -0.4 is 5.32 Å². The van der Waals surface area contributed by atoms with E-state index in [-0.39, 0.29) is 10.6 Å². The molecule has 0 atom stereocenters. The standard InChI is InChI=1S/C16H18N2O3/c1-21-12-14-7-2-4-8-15(14)17-11-10-13-6-3-5-9-16(13)18(19)20/h2-9,17H,10-12H2,1H3. The molecule has 0 fully saturated rings. The Labute approximate surface area is 123 Å². The maximum Gasteiger partial charge on any atom is 0.272 e. The molecule has 0 bridgehead atoms. The van der Waals surface area contributed by atoms with E-state index in [1.54, 1.807) is 19.2 Å². The summed E-state index contributed by atoms with van der Waals surface area (Å²) in [5.41, 5.74) is 2.98. The first-order valence-corrected chi connectivity index (χ1v) is 6.75. The first-order chi connectivity index (χ1) is 10.2. The third-order valence-electron chi connectivity index (χ3n) is 3.22. The molecule has 21 heavy (non-hydrogen) atoms. The van der Waals surface area contributed by atoms with Crippen molar-refractivity contribution in [3.05, 3.63) is 69.8 Å². The summed E-state index contributed by atoms with van der Waals surface area (Å²) < 4.78 is 5.15. The Kier molecular flexibility index (Phi) is 5.29. The van der Waals surface area contributed by atoms with Gasteiger partial charge in [-0.3, -0.25) is 10.1 Å². The second-order valence-electron chi connectivity index (χ2n) is 4.65. The summed E-state index contributed by atoms with van der Waals surface area (Å²) in [4.78, 5) is 10.6. The van der Waals surface area contributed by atoms with Gasteiger partial charge in [-0.2, -0.15) is 0 Å². The van der Waals surface area contributed by atoms with Crippen molar-refractivity contribution in [1.29, 1.82) is 0 Å². The number of hydrogen-bond donors (Lipinski definition) is 1. The summed E-state index contributed by atoms with van der Waals surface area (Å²) in [7, 11) is 1.66. The van der Waals surface area contributed by atoms with Crippen molar-refractivity contribution >= 4 is 11.4 Å². The van der Waals surface area contributed by atoms with Crippen molar-refractivity contribution in [3.8, 4) is 0 Å². The number of benzene rings is 2. The highest BCUT2D eigenvalue weighted by atomic mass is 16.6. The van der Waals surface area contributed by atoms with E-state index in [1.807, 2.05) is 30.3 Å². The summed E-state index contributed by atoms with van der Waals surface area (Å²) in [6.07, 6.45) is 0.596. The molecule has 0 radical (unpaired) electrons. The summed E-state index contributed by atoms with van der Waals surface area (Å²) in [5, 5.41) is 14.3. The molecule has 0 aliphatic carbocycles. The van der Waals surface area contributed by atoms with E-state index in [0.29, 0.717) is 19.6 Å². The maximum atomic E-state index is 11.0. The van der Waals surface area contributed by atoms with Crippen LogP contribution in [0.3, 0.4) is 0 Å². The number of ether oxygens (including phenoxy) is 1. The number of methoxy groups -OCH3 is 1. The van der Waals surface area contributed by atoms with Gasteiger partial charge in [0.15, 0.2) is 0 Å². The van der Waals surface area contributed by atoms with E-state index in [2.05, 4.69) is 5.32 Å². The molecule has 0 saturated heterocycles. The van der Waals surface area contributed by atoms with Crippen LogP contribution in [0, 0.1) is 10.1 Å². The van der Waals surface area contributed by atoms with Crippen LogP contribution in [0.2, 0.25) is 0 Å². The molecular formula is C16H18N2O3. The quantitative estimate of drug-likeness (QED) is 0.626. The summed E-state index contributed by atoms with van der Waals surface area (Å²) in [6, 6.07) is 14.7. The number of nitrogens with zero attached hydrogens (tertiary/aromatic N) is 1. The highest BCUT2D eigenvalue weighted by molar-refractivity contribution is 5.51. The molecule has 0 amide bonds. The topological polar surface area (TPSA) is 64.4 Å². The van der Waals surface area contributed by atoms with Crippen LogP contribution in [0.25, 0.3) is 0 Å². The highest BCUT2D eigenvalue weighted by Crippen LogP contribution is 2.19. The zero-order valence-electron chi connectivity index (χ0n) is 11.9. The van der Waals surface area contributed by atoms with Crippen molar-refractivity contribution in [2.75, 3.05) is 19.0 Å². The lowest BCUT2D eigenvalue weighted by Gasteiger charge is -2.11. The Morgan fingerprint density at radius 2 is 1.76 bits per heavy atom. The smallest absolute Gasteiger partial charge is 0.272 e. The molecule has 0 saturated carbocycles. The lowest BCUT2D eigenvalue weighted by atomic mass is 10.1. The lowest BCUT2D eigenvalue weighted by molar-refractivity contribution is -0.385. The van der Waals surface area contributed by atoms with Gasteiger partial charge in [0.25, 0.3) is 5.69 Å². The molecule has 5 nitrogen and oxygen atoms in total. The Balaban J connectivity index is 2.01. The summed E-state index contributed by atoms with van der Waals surface area (Å²) in [5.74, 6) is 0. The zero-order chi connectivity index (χ0) is 15.1. The number of nitro benzene ring substituents is 1. The third kappa shape index (κ3) is 4.03. The minimum absolute atomic E-state index is 0.171. The second kappa shape index (κ2) is 7.40. The van der Waals surface area contributed by atoms with E-state index in [1.165, 1.54) is 6.07 Å². The molecule has 110 valence electrons. The molecule has 1 N–H and O–H groups in total. The van der Waals surface area contributed by atoms with E-state index >= 15 is 0 Å². The zero-order valence-corrected chi connectivity index (χ0v) is 11.9. The van der Waals surface area contributed by atoms with Crippen LogP contribution >= 0.6 is 0 Å². The molecule has 0 aromatic heterocycles. The van der Waals surface area contributed by atoms with Gasteiger partial charge in [0, 0.05) is 36.5 Å². The molecule has 0 heterocycles. The van der Waals surface area contributed by atoms with Crippen LogP contribution in [0.4, 0.5) is 11.4 Å². The van der Waals surface area contributed by atoms with Gasteiger partial charge in [-0.15, -0.1) is 0 Å². The Morgan fingerprint density at radius 1 is 1.10 bits per heavy atom. The molecule has 2 aromatic rings. The predicted molar refractivity (Wildman–Crippen MR) is 82.4 cm³/mol. The highest BCUT2D eigenvalue weighted by Gasteiger charge is 2.11. The van der Waals surface area contributed by atoms with E-state index in [4.69, 9.17) is 4.74 Å². The van der Waals surface area contributed by atoms with Gasteiger partial charge in [-0.25, -0.2) is 0 Å². The van der Waals surface area contributed by atoms with Crippen LogP contribution in [-0.4, -0.2) is 18.6 Å². The van der Waals surface area contributed by atoms with Crippen LogP contribution in [-0.2, 0) is 17.8 Å². The lowest BCUT2D eigenvalue weighted by Crippen LogP contribution is -2.08. The molecule has 2 aromatic carbocycles. The number of anilines is 1. The van der Waals surface area contributed by atoms with Crippen molar-refractivity contribution in [2.24, 2.45) is 0 Å². The van der Waals surface area contributed by atoms with Crippen molar-refractivity contribution in [3.63, 3.8) is 0 Å². The molecule has 0 spiro atoms. The SMILES string of the molecule is COCc1ccccc1NCCc1ccccc1[N+](=O)[O-]. The van der Waals surface area contributed by atoms with Crippen molar-refractivity contribution in [2.45, 2.75) is 13.0 Å². The molecule has 0 unspecified atom stereocenters. The van der Waals surface area contributed by atoms with Crippen LogP contribution in [0.5, 0.6) is 0 Å². The number of nitro groups is 1. The first-order valence-electron chi connectivity index (χ1n) is 6.75. The Hall–Kier alpha value is -2.40. The van der Waals surface area contributed by atoms with Crippen LogP contribution in [0.15, 0.2) is 48.5 Å². The first kappa shape index (κ1) is 15.0. The van der Waals surface area contributed by atoms with Gasteiger partial charge in [0.05, 0.1) is 11.5 Å². The minimum atomic E-state index is -0.339. The fraction of sp³-hybridized carbons (Fsp3) is 0.250. The van der Waals surface area contributed by atoms with Gasteiger partial charge in [-0.05, 0) is 12.5 Å². The molecule has 5 heteroatoms. The number of hydrogen-bond acceptors (Lipinski definition) is 4. The van der Waals surface area contributed by atoms with Crippen LogP contribution in [0.1, 0.15) is 11.1 Å². The second-order valence-corrected chi connectivity index (χ2v) is 4.65. The third-order valence-corrected chi connectivity index (χ3v) is 3.22. The summed E-state index contributed by atoms with van der Waals surface area (Å²) >= 11 is 0. The molecular weight excluding hydrogens is 268 g/mol. The number of nitrogens with one attached hydrogen (secondary N) is 1. The fourth-order valence-electron chi connectivity index (χ4n) is 2.21. The average Bonchev–Trinajstić information content (AvgIpc) is 2.49. The maximum absolute atomic E-state index is 11.0. The molecule has 2 rings (SSSR count). The Morgan fingerprint density at radius 3 is 2.48 bits per heavy atom. The van der Waals surface area contributed by atoms with Crippen molar-refractivity contribution < 1.29 is 9.66 Å². The van der Waals surface area contributed by atoms with E-state index in [9.17, 15) is 10.1 Å². The normalized spacial score (nSPS) is 10.3. The van der Waals surface area contributed by atoms with E-state index in [0.717, 1.165) is 16.8 Å². The van der Waals surface area contributed by atoms with Crippen molar-refractivity contribution in [1.82, 2.24) is 0 Å². The monoisotopic (exact) mass is 286 g/mol. The Bertz CT molecular complexity index is 614. The predicted octanol–water partition coefficient (Wildman–Crippen LogP) is 3.40. The van der Waals surface area contributed by atoms with E-state index < -0.39 is 0 Å². The largest absolute Gasteiger partial charge is 0.384 e. The molecule has 0 aliphatic rings. The average molecular weight is 286 g/mol. The summed E-state index contributed by atoms with van der Waals surface area (Å²) in [6.45, 7) is 1.17. The van der Waals surface area contributed by atoms with Gasteiger partial charge < -0.3 is 10.1 Å². The van der Waals surface area contributed by atoms with Gasteiger partial charge >= 0.3 is 0 Å².